The Morgan fingerprint density at radius 1 is 1.00 bits per heavy atom. The standard InChI is InChI=1S/C16H13NO2/c1-10-7-8-11(2)14(9-10)15-12-5-3-4-6-13(12)16(18)19-17-15/h3-9H,1-2H3. The smallest absolute Gasteiger partial charge is 0.312 e. The van der Waals surface area contributed by atoms with E-state index in [-0.39, 0.29) is 0 Å². The minimum absolute atomic E-state index is 0.398. The van der Waals surface area contributed by atoms with E-state index >= 15 is 0 Å². The Balaban J connectivity index is 2.41. The topological polar surface area (TPSA) is 43.1 Å². The van der Waals surface area contributed by atoms with Crippen LogP contribution < -0.4 is 5.63 Å². The van der Waals surface area contributed by atoms with Crippen molar-refractivity contribution in [2.24, 2.45) is 0 Å². The molecule has 3 rings (SSSR count). The van der Waals surface area contributed by atoms with Crippen LogP contribution in [-0.2, 0) is 0 Å². The molecule has 0 saturated carbocycles. The molecular formula is C16H13NO2. The number of aromatic nitrogens is 1. The predicted octanol–water partition coefficient (Wildman–Crippen LogP) is 3.47. The summed E-state index contributed by atoms with van der Waals surface area (Å²) in [6.45, 7) is 4.06. The zero-order valence-electron chi connectivity index (χ0n) is 10.8. The van der Waals surface area contributed by atoms with Gasteiger partial charge in [0, 0.05) is 10.9 Å². The number of aryl methyl sites for hydroxylation is 2. The van der Waals surface area contributed by atoms with Crippen LogP contribution >= 0.6 is 0 Å². The average molecular weight is 251 g/mol. The highest BCUT2D eigenvalue weighted by Crippen LogP contribution is 2.28. The van der Waals surface area contributed by atoms with Crippen LogP contribution in [0.4, 0.5) is 0 Å². The van der Waals surface area contributed by atoms with E-state index in [2.05, 4.69) is 17.3 Å². The first-order valence-electron chi connectivity index (χ1n) is 6.13. The van der Waals surface area contributed by atoms with Gasteiger partial charge in [-0.1, -0.05) is 41.1 Å². The van der Waals surface area contributed by atoms with Gasteiger partial charge in [-0.05, 0) is 31.5 Å². The molecule has 94 valence electrons. The maximum absolute atomic E-state index is 11.7. The van der Waals surface area contributed by atoms with Crippen LogP contribution in [0.3, 0.4) is 0 Å². The van der Waals surface area contributed by atoms with Crippen LogP contribution in [0, 0.1) is 13.8 Å². The van der Waals surface area contributed by atoms with Crippen molar-refractivity contribution in [1.82, 2.24) is 5.16 Å². The maximum atomic E-state index is 11.7. The number of hydrogen-bond donors (Lipinski definition) is 0. The van der Waals surface area contributed by atoms with Crippen LogP contribution in [0.5, 0.6) is 0 Å². The van der Waals surface area contributed by atoms with Crippen LogP contribution in [0.25, 0.3) is 22.0 Å². The molecule has 0 atom stereocenters. The number of benzene rings is 2. The molecule has 1 heterocycles. The first kappa shape index (κ1) is 11.7. The summed E-state index contributed by atoms with van der Waals surface area (Å²) in [6, 6.07) is 13.6. The molecule has 19 heavy (non-hydrogen) atoms. The highest BCUT2D eigenvalue weighted by atomic mass is 16.5. The molecular weight excluding hydrogens is 238 g/mol. The van der Waals surface area contributed by atoms with Crippen LogP contribution in [-0.4, -0.2) is 5.16 Å². The molecule has 3 nitrogen and oxygen atoms in total. The van der Waals surface area contributed by atoms with Crippen molar-refractivity contribution in [3.8, 4) is 11.3 Å². The Morgan fingerprint density at radius 3 is 2.53 bits per heavy atom. The highest BCUT2D eigenvalue weighted by molar-refractivity contribution is 5.94. The lowest BCUT2D eigenvalue weighted by molar-refractivity contribution is 0.380. The van der Waals surface area contributed by atoms with E-state index in [1.165, 1.54) is 0 Å². The fourth-order valence-electron chi connectivity index (χ4n) is 2.24. The summed E-state index contributed by atoms with van der Waals surface area (Å²) >= 11 is 0. The Labute approximate surface area is 110 Å². The molecule has 3 heteroatoms. The highest BCUT2D eigenvalue weighted by Gasteiger charge is 2.11. The van der Waals surface area contributed by atoms with E-state index in [0.29, 0.717) is 5.39 Å². The Kier molecular flexibility index (Phi) is 2.67. The molecule has 0 aliphatic rings. The van der Waals surface area contributed by atoms with Crippen LogP contribution in [0.2, 0.25) is 0 Å². The van der Waals surface area contributed by atoms with Gasteiger partial charge < -0.3 is 4.52 Å². The monoisotopic (exact) mass is 251 g/mol. The molecule has 0 amide bonds. The second kappa shape index (κ2) is 4.35. The summed E-state index contributed by atoms with van der Waals surface area (Å²) in [5, 5.41) is 5.38. The number of nitrogens with zero attached hydrogens (tertiary/aromatic N) is 1. The molecule has 3 aromatic rings. The zero-order valence-corrected chi connectivity index (χ0v) is 10.8. The molecule has 0 aliphatic carbocycles. The Hall–Kier alpha value is -2.42. The van der Waals surface area contributed by atoms with E-state index < -0.39 is 5.63 Å². The van der Waals surface area contributed by atoms with Gasteiger partial charge in [0.1, 0.15) is 5.69 Å². The fourth-order valence-corrected chi connectivity index (χ4v) is 2.24. The molecule has 0 unspecified atom stereocenters. The third-order valence-corrected chi connectivity index (χ3v) is 3.27. The van der Waals surface area contributed by atoms with E-state index in [0.717, 1.165) is 27.8 Å². The summed E-state index contributed by atoms with van der Waals surface area (Å²) in [5.41, 5.74) is 3.58. The summed E-state index contributed by atoms with van der Waals surface area (Å²) in [5.74, 6) is 0. The molecule has 0 spiro atoms. The average Bonchev–Trinajstić information content (AvgIpc) is 2.43. The van der Waals surface area contributed by atoms with E-state index in [9.17, 15) is 4.79 Å². The van der Waals surface area contributed by atoms with Gasteiger partial charge in [-0.2, -0.15) is 0 Å². The third-order valence-electron chi connectivity index (χ3n) is 3.27. The Morgan fingerprint density at radius 2 is 1.74 bits per heavy atom. The van der Waals surface area contributed by atoms with Crippen molar-refractivity contribution in [3.05, 3.63) is 64.0 Å². The second-order valence-electron chi connectivity index (χ2n) is 4.68. The fraction of sp³-hybridized carbons (Fsp3) is 0.125. The first-order valence-corrected chi connectivity index (χ1v) is 6.13. The molecule has 0 bridgehead atoms. The molecule has 0 aliphatic heterocycles. The molecule has 0 N–H and O–H groups in total. The largest absolute Gasteiger partial charge is 0.366 e. The molecule has 1 aromatic heterocycles. The predicted molar refractivity (Wildman–Crippen MR) is 75.2 cm³/mol. The minimum atomic E-state index is -0.398. The first-order chi connectivity index (χ1) is 9.16. The number of hydrogen-bond acceptors (Lipinski definition) is 3. The van der Waals surface area contributed by atoms with E-state index in [4.69, 9.17) is 4.52 Å². The SMILES string of the molecule is Cc1ccc(C)c(-c2noc(=O)c3ccccc23)c1. The van der Waals surface area contributed by atoms with E-state index in [1.54, 1.807) is 6.07 Å². The Bertz CT molecular complexity index is 818. The maximum Gasteiger partial charge on any atom is 0.366 e. The number of rotatable bonds is 1. The van der Waals surface area contributed by atoms with Gasteiger partial charge in [-0.25, -0.2) is 4.79 Å². The van der Waals surface area contributed by atoms with Crippen molar-refractivity contribution in [2.75, 3.05) is 0 Å². The summed E-state index contributed by atoms with van der Waals surface area (Å²) in [7, 11) is 0. The van der Waals surface area contributed by atoms with Gasteiger partial charge in [0.05, 0.1) is 5.39 Å². The van der Waals surface area contributed by atoms with Crippen molar-refractivity contribution in [2.45, 2.75) is 13.8 Å². The molecule has 0 radical (unpaired) electrons. The summed E-state index contributed by atoms with van der Waals surface area (Å²) < 4.78 is 4.92. The van der Waals surface area contributed by atoms with Crippen LogP contribution in [0.1, 0.15) is 11.1 Å². The molecule has 0 fully saturated rings. The van der Waals surface area contributed by atoms with Gasteiger partial charge >= 0.3 is 5.63 Å². The normalized spacial score (nSPS) is 10.8. The van der Waals surface area contributed by atoms with Crippen molar-refractivity contribution in [1.29, 1.82) is 0 Å². The lowest BCUT2D eigenvalue weighted by Crippen LogP contribution is -2.03. The minimum Gasteiger partial charge on any atom is -0.312 e. The van der Waals surface area contributed by atoms with Gasteiger partial charge in [0.25, 0.3) is 0 Å². The summed E-state index contributed by atoms with van der Waals surface area (Å²) in [6.07, 6.45) is 0. The van der Waals surface area contributed by atoms with Gasteiger partial charge in [0.2, 0.25) is 0 Å². The lowest BCUT2D eigenvalue weighted by atomic mass is 9.99. The van der Waals surface area contributed by atoms with Crippen molar-refractivity contribution in [3.63, 3.8) is 0 Å². The van der Waals surface area contributed by atoms with Crippen molar-refractivity contribution < 1.29 is 4.52 Å². The summed E-state index contributed by atoms with van der Waals surface area (Å²) in [4.78, 5) is 11.7. The number of fused-ring (bicyclic) bond motifs is 1. The van der Waals surface area contributed by atoms with Crippen LogP contribution in [0.15, 0.2) is 51.8 Å². The molecule has 2 aromatic carbocycles. The molecule has 0 saturated heterocycles. The van der Waals surface area contributed by atoms with Crippen molar-refractivity contribution >= 4 is 10.8 Å². The quantitative estimate of drug-likeness (QED) is 0.665. The van der Waals surface area contributed by atoms with E-state index in [1.807, 2.05) is 38.1 Å². The van der Waals surface area contributed by atoms with Gasteiger partial charge in [-0.15, -0.1) is 0 Å². The van der Waals surface area contributed by atoms with Gasteiger partial charge in [-0.3, -0.25) is 0 Å². The van der Waals surface area contributed by atoms with Gasteiger partial charge in [0.15, 0.2) is 0 Å². The zero-order chi connectivity index (χ0) is 13.4. The third kappa shape index (κ3) is 1.93. The lowest BCUT2D eigenvalue weighted by Gasteiger charge is -2.07. The second-order valence-corrected chi connectivity index (χ2v) is 4.68.